The smallest absolute Gasteiger partial charge is 0.399 e. The normalized spacial score (nSPS) is 15.6. The number of hydrogen-bond acceptors (Lipinski definition) is 4. The first-order chi connectivity index (χ1) is 20.8. The van der Waals surface area contributed by atoms with Crippen molar-refractivity contribution in [2.75, 3.05) is 0 Å². The molecule has 0 unspecified atom stereocenters. The molecule has 7 rings (SSSR count). The molecule has 0 spiro atoms. The lowest BCUT2D eigenvalue weighted by Crippen LogP contribution is -2.41. The van der Waals surface area contributed by atoms with Crippen LogP contribution in [0.15, 0.2) is 127 Å². The Labute approximate surface area is 253 Å². The van der Waals surface area contributed by atoms with Gasteiger partial charge in [-0.25, -0.2) is 9.97 Å². The fourth-order valence-electron chi connectivity index (χ4n) is 5.51. The Morgan fingerprint density at radius 3 is 1.58 bits per heavy atom. The number of aromatic nitrogens is 2. The van der Waals surface area contributed by atoms with E-state index in [9.17, 15) is 0 Å². The van der Waals surface area contributed by atoms with Crippen molar-refractivity contribution in [2.45, 2.75) is 38.9 Å². The number of rotatable bonds is 5. The van der Waals surface area contributed by atoms with Gasteiger partial charge in [-0.3, -0.25) is 0 Å². The Kier molecular flexibility index (Phi) is 6.73. The Morgan fingerprint density at radius 2 is 0.977 bits per heavy atom. The summed E-state index contributed by atoms with van der Waals surface area (Å²) in [7, 11) is -0.413. The molecule has 210 valence electrons. The summed E-state index contributed by atoms with van der Waals surface area (Å²) in [5.74, 6) is 0.681. The highest BCUT2D eigenvalue weighted by Gasteiger charge is 2.51. The van der Waals surface area contributed by atoms with Gasteiger partial charge in [0.15, 0.2) is 5.82 Å². The van der Waals surface area contributed by atoms with Crippen LogP contribution in [-0.2, 0) is 9.31 Å². The third-order valence-corrected chi connectivity index (χ3v) is 8.76. The van der Waals surface area contributed by atoms with Crippen LogP contribution in [-0.4, -0.2) is 28.3 Å². The van der Waals surface area contributed by atoms with E-state index >= 15 is 0 Å². The van der Waals surface area contributed by atoms with E-state index < -0.39 is 7.12 Å². The van der Waals surface area contributed by atoms with Crippen LogP contribution in [0.2, 0.25) is 0 Å². The molecule has 5 heteroatoms. The van der Waals surface area contributed by atoms with Crippen LogP contribution in [0.25, 0.3) is 55.8 Å². The zero-order valence-corrected chi connectivity index (χ0v) is 24.9. The van der Waals surface area contributed by atoms with Gasteiger partial charge in [0.25, 0.3) is 0 Å². The predicted molar refractivity (Wildman–Crippen MR) is 177 cm³/mol. The summed E-state index contributed by atoms with van der Waals surface area (Å²) in [5.41, 5.74) is 8.65. The van der Waals surface area contributed by atoms with Crippen molar-refractivity contribution in [3.63, 3.8) is 0 Å². The molecular formula is C38H33BN2O2. The summed E-state index contributed by atoms with van der Waals surface area (Å²) >= 11 is 0. The van der Waals surface area contributed by atoms with Gasteiger partial charge in [-0.2, -0.15) is 0 Å². The fraction of sp³-hybridized carbons (Fsp3) is 0.158. The van der Waals surface area contributed by atoms with Gasteiger partial charge in [0.1, 0.15) is 0 Å². The monoisotopic (exact) mass is 560 g/mol. The van der Waals surface area contributed by atoms with Crippen molar-refractivity contribution in [3.05, 3.63) is 127 Å². The molecule has 1 aliphatic heterocycles. The molecule has 1 fully saturated rings. The maximum atomic E-state index is 6.27. The van der Waals surface area contributed by atoms with E-state index in [4.69, 9.17) is 19.3 Å². The van der Waals surface area contributed by atoms with E-state index in [-0.39, 0.29) is 11.2 Å². The number of nitrogens with zero attached hydrogens (tertiary/aromatic N) is 2. The molecule has 0 radical (unpaired) electrons. The Morgan fingerprint density at radius 1 is 0.488 bits per heavy atom. The first-order valence-electron chi connectivity index (χ1n) is 14.8. The maximum Gasteiger partial charge on any atom is 0.494 e. The van der Waals surface area contributed by atoms with Crippen molar-refractivity contribution >= 4 is 23.5 Å². The standard InChI is InChI=1S/C38H33BN2O2/c1-37(2)38(3,4)43-39(42-37)32-22-19-30(20-23-32)36-40-34-25-31(27-13-9-6-10-14-27)21-24-33(34)35(41-36)29-17-15-28(16-18-29)26-11-7-5-8-12-26/h5-25H,1-4H3. The molecule has 0 atom stereocenters. The van der Waals surface area contributed by atoms with Crippen molar-refractivity contribution in [1.29, 1.82) is 0 Å². The largest absolute Gasteiger partial charge is 0.494 e. The molecule has 0 N–H and O–H groups in total. The van der Waals surface area contributed by atoms with Gasteiger partial charge in [-0.15, -0.1) is 0 Å². The molecule has 0 bridgehead atoms. The second-order valence-corrected chi connectivity index (χ2v) is 12.1. The fourth-order valence-corrected chi connectivity index (χ4v) is 5.51. The molecule has 6 aromatic rings. The lowest BCUT2D eigenvalue weighted by atomic mass is 9.79. The molecular weight excluding hydrogens is 527 g/mol. The predicted octanol–water partition coefficient (Wildman–Crippen LogP) is 8.60. The molecule has 0 amide bonds. The van der Waals surface area contributed by atoms with Gasteiger partial charge >= 0.3 is 7.12 Å². The third kappa shape index (κ3) is 5.16. The molecule has 43 heavy (non-hydrogen) atoms. The minimum Gasteiger partial charge on any atom is -0.399 e. The molecule has 0 aliphatic carbocycles. The summed E-state index contributed by atoms with van der Waals surface area (Å²) in [6.45, 7) is 8.29. The van der Waals surface area contributed by atoms with E-state index in [1.807, 2.05) is 12.1 Å². The summed E-state index contributed by atoms with van der Waals surface area (Å²) in [6, 6.07) is 44.2. The van der Waals surface area contributed by atoms with Crippen molar-refractivity contribution in [2.24, 2.45) is 0 Å². The SMILES string of the molecule is CC1(C)OB(c2ccc(-c3nc(-c4ccc(-c5ccccc5)cc4)c4ccc(-c5ccccc5)cc4n3)cc2)OC1(C)C. The minimum atomic E-state index is -0.413. The van der Waals surface area contributed by atoms with E-state index in [2.05, 4.69) is 143 Å². The summed E-state index contributed by atoms with van der Waals surface area (Å²) in [6.07, 6.45) is 0. The van der Waals surface area contributed by atoms with Crippen LogP contribution in [0, 0.1) is 0 Å². The van der Waals surface area contributed by atoms with E-state index in [1.54, 1.807) is 0 Å². The lowest BCUT2D eigenvalue weighted by molar-refractivity contribution is 0.00578. The van der Waals surface area contributed by atoms with E-state index in [0.717, 1.165) is 44.3 Å². The minimum absolute atomic E-state index is 0.390. The maximum absolute atomic E-state index is 6.27. The average molecular weight is 561 g/mol. The Hall–Kier alpha value is -4.58. The first kappa shape index (κ1) is 27.3. The van der Waals surface area contributed by atoms with Crippen LogP contribution < -0.4 is 5.46 Å². The number of hydrogen-bond donors (Lipinski definition) is 0. The van der Waals surface area contributed by atoms with Gasteiger partial charge in [0, 0.05) is 16.5 Å². The second-order valence-electron chi connectivity index (χ2n) is 12.1. The van der Waals surface area contributed by atoms with Crippen LogP contribution in [0.3, 0.4) is 0 Å². The molecule has 0 saturated carbocycles. The molecule has 4 nitrogen and oxygen atoms in total. The second kappa shape index (κ2) is 10.6. The zero-order valence-electron chi connectivity index (χ0n) is 24.9. The quantitative estimate of drug-likeness (QED) is 0.198. The Balaban J connectivity index is 1.31. The average Bonchev–Trinajstić information content (AvgIpc) is 3.27. The lowest BCUT2D eigenvalue weighted by Gasteiger charge is -2.32. The molecule has 1 aromatic heterocycles. The van der Waals surface area contributed by atoms with Crippen LogP contribution in [0.4, 0.5) is 0 Å². The third-order valence-electron chi connectivity index (χ3n) is 8.76. The Bertz CT molecular complexity index is 1890. The van der Waals surface area contributed by atoms with Crippen molar-refractivity contribution < 1.29 is 9.31 Å². The first-order valence-corrected chi connectivity index (χ1v) is 14.8. The summed E-state index contributed by atoms with van der Waals surface area (Å²) in [5, 5.41) is 1.02. The summed E-state index contributed by atoms with van der Waals surface area (Å²) < 4.78 is 12.5. The van der Waals surface area contributed by atoms with Gasteiger partial charge in [0.2, 0.25) is 0 Å². The topological polar surface area (TPSA) is 44.2 Å². The van der Waals surface area contributed by atoms with Gasteiger partial charge < -0.3 is 9.31 Å². The van der Waals surface area contributed by atoms with Gasteiger partial charge in [0.05, 0.1) is 22.4 Å². The van der Waals surface area contributed by atoms with Gasteiger partial charge in [-0.05, 0) is 67.5 Å². The van der Waals surface area contributed by atoms with Crippen LogP contribution in [0.5, 0.6) is 0 Å². The highest BCUT2D eigenvalue weighted by Crippen LogP contribution is 2.37. The highest BCUT2D eigenvalue weighted by molar-refractivity contribution is 6.62. The van der Waals surface area contributed by atoms with E-state index in [0.29, 0.717) is 5.82 Å². The summed E-state index contributed by atoms with van der Waals surface area (Å²) in [4.78, 5) is 10.2. The van der Waals surface area contributed by atoms with Crippen molar-refractivity contribution in [1.82, 2.24) is 9.97 Å². The number of benzene rings is 5. The van der Waals surface area contributed by atoms with Gasteiger partial charge in [-0.1, -0.05) is 115 Å². The molecule has 5 aromatic carbocycles. The van der Waals surface area contributed by atoms with E-state index in [1.165, 1.54) is 11.1 Å². The zero-order chi connectivity index (χ0) is 29.6. The van der Waals surface area contributed by atoms with Crippen molar-refractivity contribution in [3.8, 4) is 44.9 Å². The molecule has 1 aliphatic rings. The van der Waals surface area contributed by atoms with Crippen LogP contribution in [0.1, 0.15) is 27.7 Å². The van der Waals surface area contributed by atoms with Crippen LogP contribution >= 0.6 is 0 Å². The molecule has 1 saturated heterocycles. The highest BCUT2D eigenvalue weighted by atomic mass is 16.7. The molecule has 2 heterocycles. The number of fused-ring (bicyclic) bond motifs is 1.